The molecule has 1 aliphatic carbocycles. The first kappa shape index (κ1) is 18.2. The van der Waals surface area contributed by atoms with Gasteiger partial charge in [0.25, 0.3) is 6.43 Å². The van der Waals surface area contributed by atoms with Crippen molar-refractivity contribution in [1.29, 1.82) is 0 Å². The van der Waals surface area contributed by atoms with Gasteiger partial charge in [-0.25, -0.2) is 8.78 Å². The lowest BCUT2D eigenvalue weighted by atomic mass is 10.2. The van der Waals surface area contributed by atoms with E-state index in [1.165, 1.54) is 0 Å². The zero-order valence-corrected chi connectivity index (χ0v) is 13.6. The average molecular weight is 340 g/mol. The van der Waals surface area contributed by atoms with Gasteiger partial charge in [-0.3, -0.25) is 9.59 Å². The van der Waals surface area contributed by atoms with Gasteiger partial charge in [0, 0.05) is 25.4 Å². The number of alkyl halides is 2. The maximum Gasteiger partial charge on any atom is 0.272 e. The van der Waals surface area contributed by atoms with E-state index in [2.05, 4.69) is 10.6 Å². The first-order valence-corrected chi connectivity index (χ1v) is 8.00. The summed E-state index contributed by atoms with van der Waals surface area (Å²) < 4.78 is 29.2. The number of amides is 2. The summed E-state index contributed by atoms with van der Waals surface area (Å²) in [4.78, 5) is 23.4. The number of benzene rings is 1. The lowest BCUT2D eigenvalue weighted by Gasteiger charge is -2.09. The van der Waals surface area contributed by atoms with Gasteiger partial charge in [0.15, 0.2) is 0 Å². The van der Waals surface area contributed by atoms with Crippen LogP contribution in [0.15, 0.2) is 24.3 Å². The van der Waals surface area contributed by atoms with Crippen molar-refractivity contribution < 1.29 is 23.1 Å². The van der Waals surface area contributed by atoms with Gasteiger partial charge in [-0.1, -0.05) is 19.1 Å². The van der Waals surface area contributed by atoms with Crippen molar-refractivity contribution in [2.45, 2.75) is 32.7 Å². The summed E-state index contributed by atoms with van der Waals surface area (Å²) in [6.45, 7) is 1.95. The lowest BCUT2D eigenvalue weighted by molar-refractivity contribution is -0.123. The van der Waals surface area contributed by atoms with E-state index in [1.54, 1.807) is 24.3 Å². The largest absolute Gasteiger partial charge is 0.488 e. The van der Waals surface area contributed by atoms with Crippen molar-refractivity contribution >= 4 is 11.8 Å². The van der Waals surface area contributed by atoms with Crippen LogP contribution < -0.4 is 15.4 Å². The lowest BCUT2D eigenvalue weighted by Crippen LogP contribution is -2.31. The fraction of sp³-hybridized carbons (Fsp3) is 0.529. The van der Waals surface area contributed by atoms with Crippen LogP contribution in [0, 0.1) is 11.8 Å². The Balaban J connectivity index is 1.65. The number of hydrogen-bond donors (Lipinski definition) is 2. The number of carbonyl (C=O) groups is 2. The highest BCUT2D eigenvalue weighted by atomic mass is 19.3. The Kier molecular flexibility index (Phi) is 6.52. The molecule has 1 aromatic carbocycles. The monoisotopic (exact) mass is 340 g/mol. The van der Waals surface area contributed by atoms with Crippen LogP contribution in [-0.2, 0) is 16.1 Å². The molecule has 0 unspecified atom stereocenters. The third-order valence-corrected chi connectivity index (χ3v) is 3.86. The average Bonchev–Trinajstić information content (AvgIpc) is 3.28. The van der Waals surface area contributed by atoms with Gasteiger partial charge in [0.05, 0.1) is 0 Å². The summed E-state index contributed by atoms with van der Waals surface area (Å²) in [6.07, 6.45) is -1.40. The summed E-state index contributed by atoms with van der Waals surface area (Å²) >= 11 is 0. The van der Waals surface area contributed by atoms with Gasteiger partial charge in [-0.2, -0.15) is 0 Å². The minimum absolute atomic E-state index is 0.0131. The fourth-order valence-electron chi connectivity index (χ4n) is 2.31. The third-order valence-electron chi connectivity index (χ3n) is 3.86. The molecule has 24 heavy (non-hydrogen) atoms. The minimum atomic E-state index is -2.53. The molecule has 0 radical (unpaired) electrons. The van der Waals surface area contributed by atoms with Crippen LogP contribution in [0.5, 0.6) is 5.75 Å². The summed E-state index contributed by atoms with van der Waals surface area (Å²) in [5.74, 6) is 0.715. The molecule has 0 saturated heterocycles. The molecule has 2 N–H and O–H groups in total. The van der Waals surface area contributed by atoms with E-state index in [-0.39, 0.29) is 30.7 Å². The van der Waals surface area contributed by atoms with Gasteiger partial charge in [-0.15, -0.1) is 0 Å². The molecule has 1 aromatic rings. The summed E-state index contributed by atoms with van der Waals surface area (Å²) in [5.41, 5.74) is 0.756. The minimum Gasteiger partial charge on any atom is -0.488 e. The Hall–Kier alpha value is -2.18. The van der Waals surface area contributed by atoms with E-state index in [1.807, 2.05) is 6.92 Å². The van der Waals surface area contributed by atoms with Crippen LogP contribution in [0.2, 0.25) is 0 Å². The van der Waals surface area contributed by atoms with E-state index in [4.69, 9.17) is 4.74 Å². The highest BCUT2D eigenvalue weighted by Gasteiger charge is 2.38. The first-order valence-electron chi connectivity index (χ1n) is 8.00. The normalized spacial score (nSPS) is 19.0. The van der Waals surface area contributed by atoms with Crippen LogP contribution in [0.3, 0.4) is 0 Å². The summed E-state index contributed by atoms with van der Waals surface area (Å²) in [6, 6.07) is 6.64. The molecular formula is C17H22F2N2O3. The Bertz CT molecular complexity index is 581. The van der Waals surface area contributed by atoms with E-state index < -0.39 is 13.0 Å². The Morgan fingerprint density at radius 3 is 2.75 bits per heavy atom. The number of rotatable bonds is 9. The molecule has 1 aliphatic rings. The molecule has 1 fully saturated rings. The molecule has 1 saturated carbocycles. The van der Waals surface area contributed by atoms with Crippen LogP contribution in [0.1, 0.15) is 25.3 Å². The van der Waals surface area contributed by atoms with Crippen molar-refractivity contribution in [2.75, 3.05) is 13.2 Å². The van der Waals surface area contributed by atoms with Crippen molar-refractivity contribution in [1.82, 2.24) is 10.6 Å². The van der Waals surface area contributed by atoms with Gasteiger partial charge in [0.1, 0.15) is 12.4 Å². The number of ether oxygens (including phenoxy) is 1. The topological polar surface area (TPSA) is 67.4 Å². The second-order valence-electron chi connectivity index (χ2n) is 5.99. The van der Waals surface area contributed by atoms with Crippen molar-refractivity contribution in [3.05, 3.63) is 29.8 Å². The molecule has 2 atom stereocenters. The van der Waals surface area contributed by atoms with Crippen LogP contribution >= 0.6 is 0 Å². The van der Waals surface area contributed by atoms with E-state index in [0.29, 0.717) is 18.2 Å². The van der Waals surface area contributed by atoms with Gasteiger partial charge in [0.2, 0.25) is 11.8 Å². The summed E-state index contributed by atoms with van der Waals surface area (Å²) in [7, 11) is 0. The maximum absolute atomic E-state index is 12.1. The standard InChI is InChI=1S/C17H22F2N2O3/c1-11-7-14(11)17(23)20-6-5-16(22)21-9-12-3-2-4-13(8-12)24-10-15(18)19/h2-4,8,11,14-15H,5-7,9-10H2,1H3,(H,20,23)(H,21,22)/t11-,14-/m1/s1. The molecule has 0 bridgehead atoms. The predicted molar refractivity (Wildman–Crippen MR) is 84.7 cm³/mol. The number of hydrogen-bond acceptors (Lipinski definition) is 3. The van der Waals surface area contributed by atoms with Crippen molar-refractivity contribution in [2.24, 2.45) is 11.8 Å². The van der Waals surface area contributed by atoms with Gasteiger partial charge < -0.3 is 15.4 Å². The van der Waals surface area contributed by atoms with E-state index in [9.17, 15) is 18.4 Å². The molecule has 0 heterocycles. The zero-order valence-electron chi connectivity index (χ0n) is 13.6. The van der Waals surface area contributed by atoms with Crippen LogP contribution in [-0.4, -0.2) is 31.4 Å². The molecular weight excluding hydrogens is 318 g/mol. The zero-order chi connectivity index (χ0) is 17.5. The van der Waals surface area contributed by atoms with Gasteiger partial charge in [-0.05, 0) is 30.0 Å². The molecule has 7 heteroatoms. The second kappa shape index (κ2) is 8.61. The Morgan fingerprint density at radius 1 is 1.33 bits per heavy atom. The SMILES string of the molecule is C[C@@H]1C[C@H]1C(=O)NCCC(=O)NCc1cccc(OCC(F)F)c1. The highest BCUT2D eigenvalue weighted by Crippen LogP contribution is 2.37. The summed E-state index contributed by atoms with van der Waals surface area (Å²) in [5, 5.41) is 5.47. The fourth-order valence-corrected chi connectivity index (χ4v) is 2.31. The number of carbonyl (C=O) groups excluding carboxylic acids is 2. The number of halogens is 2. The molecule has 2 amide bonds. The number of nitrogens with one attached hydrogen (secondary N) is 2. The van der Waals surface area contributed by atoms with E-state index >= 15 is 0 Å². The Morgan fingerprint density at radius 2 is 2.08 bits per heavy atom. The highest BCUT2D eigenvalue weighted by molar-refractivity contribution is 5.82. The smallest absolute Gasteiger partial charge is 0.272 e. The molecule has 132 valence electrons. The maximum atomic E-state index is 12.1. The molecule has 2 rings (SSSR count). The predicted octanol–water partition coefficient (Wildman–Crippen LogP) is 2.11. The van der Waals surface area contributed by atoms with Crippen LogP contribution in [0.4, 0.5) is 8.78 Å². The van der Waals surface area contributed by atoms with E-state index in [0.717, 1.165) is 12.0 Å². The van der Waals surface area contributed by atoms with Crippen LogP contribution in [0.25, 0.3) is 0 Å². The Labute approximate surface area is 139 Å². The molecule has 0 aliphatic heterocycles. The van der Waals surface area contributed by atoms with Gasteiger partial charge >= 0.3 is 0 Å². The van der Waals surface area contributed by atoms with Crippen molar-refractivity contribution in [3.63, 3.8) is 0 Å². The quantitative estimate of drug-likeness (QED) is 0.723. The first-order chi connectivity index (χ1) is 11.5. The third kappa shape index (κ3) is 6.14. The molecule has 0 spiro atoms. The van der Waals surface area contributed by atoms with Crippen molar-refractivity contribution in [3.8, 4) is 5.75 Å². The second-order valence-corrected chi connectivity index (χ2v) is 5.99. The molecule has 0 aromatic heterocycles. The molecule has 5 nitrogen and oxygen atoms in total.